The molecule has 26 heavy (non-hydrogen) atoms. The molecule has 2 aromatic rings. The highest BCUT2D eigenvalue weighted by Crippen LogP contribution is 2.34. The van der Waals surface area contributed by atoms with E-state index in [1.54, 1.807) is 0 Å². The van der Waals surface area contributed by atoms with Crippen LogP contribution in [0.4, 0.5) is 0 Å². The maximum absolute atomic E-state index is 13.0. The molecular formula is C18H14N2O6. The molecule has 1 aliphatic heterocycles. The fourth-order valence-corrected chi connectivity index (χ4v) is 3.21. The van der Waals surface area contributed by atoms with Crippen molar-refractivity contribution in [2.75, 3.05) is 26.3 Å². The molecule has 4 rings (SSSR count). The zero-order valence-corrected chi connectivity index (χ0v) is 13.9. The number of hydrogen-bond acceptors (Lipinski definition) is 7. The van der Waals surface area contributed by atoms with Gasteiger partial charge in [-0.3, -0.25) is 24.2 Å². The summed E-state index contributed by atoms with van der Waals surface area (Å²) in [6, 6.07) is 1.41. The summed E-state index contributed by atoms with van der Waals surface area (Å²) in [4.78, 5) is 56.0. The second-order valence-electron chi connectivity index (χ2n) is 6.05. The van der Waals surface area contributed by atoms with Crippen LogP contribution >= 0.6 is 0 Å². The second kappa shape index (κ2) is 5.99. The van der Waals surface area contributed by atoms with E-state index < -0.39 is 23.3 Å². The summed E-state index contributed by atoms with van der Waals surface area (Å²) >= 11 is 0. The summed E-state index contributed by atoms with van der Waals surface area (Å²) in [5.74, 6) is -2.67. The van der Waals surface area contributed by atoms with E-state index in [0.29, 0.717) is 26.3 Å². The quantitative estimate of drug-likeness (QED) is 0.635. The third kappa shape index (κ3) is 2.30. The van der Waals surface area contributed by atoms with Crippen LogP contribution < -0.4 is 0 Å². The standard InChI is InChI=1S/C18H14N2O6/c1-9(21)16-13(18(24)20-4-6-25-7-5-20)12-14(22)11-8-19-3-2-10(11)15(23)17(12)26-16/h2-3,8H,4-7H2,1H3. The number of carbonyl (C=O) groups excluding carboxylic acids is 4. The smallest absolute Gasteiger partial charge is 0.258 e. The molecule has 0 radical (unpaired) electrons. The number of Topliss-reactive ketones (excluding diaryl/α,β-unsaturated/α-hetero) is 1. The molecule has 0 N–H and O–H groups in total. The van der Waals surface area contributed by atoms with Gasteiger partial charge in [-0.2, -0.15) is 0 Å². The Bertz CT molecular complexity index is 968. The molecule has 2 aromatic heterocycles. The second-order valence-corrected chi connectivity index (χ2v) is 6.05. The van der Waals surface area contributed by atoms with E-state index in [1.807, 2.05) is 0 Å². The van der Waals surface area contributed by atoms with Crippen molar-refractivity contribution in [1.29, 1.82) is 0 Å². The van der Waals surface area contributed by atoms with Gasteiger partial charge in [0.25, 0.3) is 5.91 Å². The van der Waals surface area contributed by atoms with Crippen LogP contribution in [-0.4, -0.2) is 59.4 Å². The molecule has 0 aromatic carbocycles. The first-order chi connectivity index (χ1) is 12.5. The number of rotatable bonds is 2. The molecule has 1 aliphatic carbocycles. The van der Waals surface area contributed by atoms with Gasteiger partial charge in [-0.1, -0.05) is 0 Å². The lowest BCUT2D eigenvalue weighted by Crippen LogP contribution is -2.41. The van der Waals surface area contributed by atoms with E-state index in [1.165, 1.54) is 30.3 Å². The maximum atomic E-state index is 13.0. The number of furan rings is 1. The van der Waals surface area contributed by atoms with Gasteiger partial charge in [0.05, 0.1) is 24.3 Å². The zero-order chi connectivity index (χ0) is 18.4. The highest BCUT2D eigenvalue weighted by molar-refractivity contribution is 6.31. The van der Waals surface area contributed by atoms with Gasteiger partial charge in [-0.25, -0.2) is 0 Å². The summed E-state index contributed by atoms with van der Waals surface area (Å²) < 4.78 is 10.7. The lowest BCUT2D eigenvalue weighted by Gasteiger charge is -2.27. The fraction of sp³-hybridized carbons (Fsp3) is 0.278. The summed E-state index contributed by atoms with van der Waals surface area (Å²) in [5, 5.41) is 0. The SMILES string of the molecule is CC(=O)c1oc2c(c1C(=O)N1CCOCC1)C(=O)c1cnccc1C2=O. The molecule has 0 unspecified atom stereocenters. The first-order valence-corrected chi connectivity index (χ1v) is 8.09. The van der Waals surface area contributed by atoms with Gasteiger partial charge < -0.3 is 14.1 Å². The van der Waals surface area contributed by atoms with Crippen molar-refractivity contribution in [1.82, 2.24) is 9.88 Å². The van der Waals surface area contributed by atoms with Gasteiger partial charge in [0.15, 0.2) is 23.1 Å². The van der Waals surface area contributed by atoms with Gasteiger partial charge in [0, 0.05) is 38.0 Å². The van der Waals surface area contributed by atoms with Crippen molar-refractivity contribution in [2.45, 2.75) is 6.92 Å². The third-order valence-electron chi connectivity index (χ3n) is 4.48. The largest absolute Gasteiger partial charge is 0.448 e. The number of fused-ring (bicyclic) bond motifs is 2. The lowest BCUT2D eigenvalue weighted by atomic mass is 9.87. The van der Waals surface area contributed by atoms with Crippen LogP contribution in [0, 0.1) is 0 Å². The van der Waals surface area contributed by atoms with Crippen LogP contribution in [0.15, 0.2) is 22.9 Å². The number of amides is 1. The first kappa shape index (κ1) is 16.3. The molecular weight excluding hydrogens is 340 g/mol. The van der Waals surface area contributed by atoms with E-state index >= 15 is 0 Å². The minimum atomic E-state index is -0.546. The fourth-order valence-electron chi connectivity index (χ4n) is 3.21. The third-order valence-corrected chi connectivity index (χ3v) is 4.48. The molecule has 3 heterocycles. The van der Waals surface area contributed by atoms with Crippen molar-refractivity contribution >= 4 is 23.3 Å². The summed E-state index contributed by atoms with van der Waals surface area (Å²) in [6.07, 6.45) is 2.67. The predicted molar refractivity (Wildman–Crippen MR) is 86.5 cm³/mol. The van der Waals surface area contributed by atoms with E-state index in [-0.39, 0.29) is 33.8 Å². The topological polar surface area (TPSA) is 107 Å². The van der Waals surface area contributed by atoms with Crippen LogP contribution in [-0.2, 0) is 4.74 Å². The minimum Gasteiger partial charge on any atom is -0.448 e. The average molecular weight is 354 g/mol. The number of nitrogens with zero attached hydrogens (tertiary/aromatic N) is 2. The van der Waals surface area contributed by atoms with Gasteiger partial charge in [-0.05, 0) is 6.07 Å². The van der Waals surface area contributed by atoms with Crippen molar-refractivity contribution < 1.29 is 28.3 Å². The monoisotopic (exact) mass is 354 g/mol. The first-order valence-electron chi connectivity index (χ1n) is 8.09. The van der Waals surface area contributed by atoms with Crippen LogP contribution in [0.1, 0.15) is 59.9 Å². The van der Waals surface area contributed by atoms with Crippen molar-refractivity contribution in [3.8, 4) is 0 Å². The van der Waals surface area contributed by atoms with E-state index in [4.69, 9.17) is 9.15 Å². The summed E-state index contributed by atoms with van der Waals surface area (Å²) in [7, 11) is 0. The molecule has 0 spiro atoms. The van der Waals surface area contributed by atoms with Crippen molar-refractivity contribution in [2.24, 2.45) is 0 Å². The number of carbonyl (C=O) groups is 4. The van der Waals surface area contributed by atoms with E-state index in [0.717, 1.165) is 0 Å². The molecule has 8 nitrogen and oxygen atoms in total. The van der Waals surface area contributed by atoms with E-state index in [9.17, 15) is 19.2 Å². The van der Waals surface area contributed by atoms with Crippen LogP contribution in [0.5, 0.6) is 0 Å². The normalized spacial score (nSPS) is 16.3. The number of morpholine rings is 1. The van der Waals surface area contributed by atoms with Gasteiger partial charge in [0.2, 0.25) is 5.78 Å². The predicted octanol–water partition coefficient (Wildman–Crippen LogP) is 1.13. The Morgan fingerprint density at radius 1 is 1.12 bits per heavy atom. The van der Waals surface area contributed by atoms with Crippen LogP contribution in [0.25, 0.3) is 0 Å². The maximum Gasteiger partial charge on any atom is 0.258 e. The molecule has 1 saturated heterocycles. The molecule has 1 fully saturated rings. The van der Waals surface area contributed by atoms with E-state index in [2.05, 4.69) is 4.98 Å². The minimum absolute atomic E-state index is 0.0944. The summed E-state index contributed by atoms with van der Waals surface area (Å²) in [5.41, 5.74) is -0.0666. The van der Waals surface area contributed by atoms with Gasteiger partial charge in [-0.15, -0.1) is 0 Å². The number of aromatic nitrogens is 1. The Morgan fingerprint density at radius 2 is 1.85 bits per heavy atom. The molecule has 0 bridgehead atoms. The number of ketones is 3. The molecule has 0 atom stereocenters. The van der Waals surface area contributed by atoms with Crippen LogP contribution in [0.3, 0.4) is 0 Å². The molecule has 1 amide bonds. The average Bonchev–Trinajstić information content (AvgIpc) is 3.07. The Hall–Kier alpha value is -3.13. The van der Waals surface area contributed by atoms with Gasteiger partial charge in [0.1, 0.15) is 5.56 Å². The number of ether oxygens (including phenoxy) is 1. The Balaban J connectivity index is 1.91. The molecule has 132 valence electrons. The summed E-state index contributed by atoms with van der Waals surface area (Å²) in [6.45, 7) is 2.61. The zero-order valence-electron chi connectivity index (χ0n) is 13.9. The van der Waals surface area contributed by atoms with Crippen molar-refractivity contribution in [3.63, 3.8) is 0 Å². The highest BCUT2D eigenvalue weighted by Gasteiger charge is 2.41. The Kier molecular flexibility index (Phi) is 3.77. The molecule has 2 aliphatic rings. The number of hydrogen-bond donors (Lipinski definition) is 0. The highest BCUT2D eigenvalue weighted by atomic mass is 16.5. The molecule has 0 saturated carbocycles. The lowest BCUT2D eigenvalue weighted by molar-refractivity contribution is 0.0300. The van der Waals surface area contributed by atoms with Crippen LogP contribution in [0.2, 0.25) is 0 Å². The Morgan fingerprint density at radius 3 is 2.54 bits per heavy atom. The molecule has 8 heteroatoms. The number of pyridine rings is 1. The van der Waals surface area contributed by atoms with Gasteiger partial charge >= 0.3 is 0 Å². The Labute approximate surface area is 147 Å². The van der Waals surface area contributed by atoms with Crippen molar-refractivity contribution in [3.05, 3.63) is 52.2 Å².